The van der Waals surface area contributed by atoms with Crippen molar-refractivity contribution in [1.82, 2.24) is 14.5 Å². The fraction of sp³-hybridized carbons (Fsp3) is 0.381. The zero-order valence-corrected chi connectivity index (χ0v) is 19.1. The van der Waals surface area contributed by atoms with Gasteiger partial charge in [0.1, 0.15) is 10.6 Å². The summed E-state index contributed by atoms with van der Waals surface area (Å²) in [6, 6.07) is 12.0. The monoisotopic (exact) mass is 483 g/mol. The van der Waals surface area contributed by atoms with Gasteiger partial charge >= 0.3 is 0 Å². The van der Waals surface area contributed by atoms with E-state index < -0.39 is 10.0 Å². The van der Waals surface area contributed by atoms with Crippen LogP contribution in [0.25, 0.3) is 0 Å². The maximum atomic E-state index is 12.9. The first-order valence-corrected chi connectivity index (χ1v) is 12.2. The number of hydrogen-bond acceptors (Lipinski definition) is 5. The number of hydrogen-bond donors (Lipinski definition) is 1. The normalized spacial score (nSPS) is 20.0. The van der Waals surface area contributed by atoms with Crippen molar-refractivity contribution < 1.29 is 17.9 Å². The van der Waals surface area contributed by atoms with Crippen LogP contribution in [0, 0.1) is 0 Å². The van der Waals surface area contributed by atoms with Gasteiger partial charge in [-0.15, -0.1) is 0 Å². The summed E-state index contributed by atoms with van der Waals surface area (Å²) in [5.74, 6) is 0.716. The molecular weight excluding hydrogens is 461 g/mol. The first-order chi connectivity index (χ1) is 14.8. The van der Waals surface area contributed by atoms with Crippen molar-refractivity contribution in [3.63, 3.8) is 0 Å². The smallest absolute Gasteiger partial charge is 0.244 e. The first kappa shape index (κ1) is 22.4. The Labute approximate surface area is 191 Å². The molecule has 0 radical (unpaired) electrons. The van der Waals surface area contributed by atoms with Crippen LogP contribution in [0.5, 0.6) is 5.75 Å². The molecule has 166 valence electrons. The number of rotatable bonds is 5. The topological polar surface area (TPSA) is 79.0 Å². The minimum absolute atomic E-state index is 0.00559. The van der Waals surface area contributed by atoms with Gasteiger partial charge in [-0.2, -0.15) is 4.31 Å². The molecule has 2 aromatic rings. The lowest BCUT2D eigenvalue weighted by molar-refractivity contribution is -0.123. The SMILES string of the molecule is O=C(CN1CCN(S(=O)(=O)c2cc(Cl)ccc2Cl)CC1)N[C@H]1CCOc2ccccc21. The fourth-order valence-corrected chi connectivity index (χ4v) is 6.04. The summed E-state index contributed by atoms with van der Waals surface area (Å²) in [5, 5.41) is 3.53. The molecule has 7 nitrogen and oxygen atoms in total. The van der Waals surface area contributed by atoms with E-state index in [0.29, 0.717) is 24.7 Å². The molecule has 4 rings (SSSR count). The molecule has 1 atom stereocenters. The molecule has 0 spiro atoms. The van der Waals surface area contributed by atoms with Gasteiger partial charge in [-0.1, -0.05) is 41.4 Å². The van der Waals surface area contributed by atoms with Crippen LogP contribution in [0.2, 0.25) is 10.0 Å². The molecule has 1 amide bonds. The number of nitrogens with zero attached hydrogens (tertiary/aromatic N) is 2. The van der Waals surface area contributed by atoms with Gasteiger partial charge in [-0.3, -0.25) is 9.69 Å². The number of sulfonamides is 1. The number of amides is 1. The molecule has 0 aromatic heterocycles. The number of nitrogens with one attached hydrogen (secondary N) is 1. The Hall–Kier alpha value is -1.84. The van der Waals surface area contributed by atoms with E-state index in [9.17, 15) is 13.2 Å². The van der Waals surface area contributed by atoms with Crippen molar-refractivity contribution >= 4 is 39.1 Å². The van der Waals surface area contributed by atoms with Gasteiger partial charge in [0.2, 0.25) is 15.9 Å². The number of fused-ring (bicyclic) bond motifs is 1. The van der Waals surface area contributed by atoms with Crippen LogP contribution in [-0.2, 0) is 14.8 Å². The summed E-state index contributed by atoms with van der Waals surface area (Å²) in [6.45, 7) is 2.23. The molecule has 2 aromatic carbocycles. The maximum Gasteiger partial charge on any atom is 0.244 e. The molecule has 2 aliphatic heterocycles. The van der Waals surface area contributed by atoms with Gasteiger partial charge < -0.3 is 10.1 Å². The van der Waals surface area contributed by atoms with Crippen molar-refractivity contribution in [1.29, 1.82) is 0 Å². The van der Waals surface area contributed by atoms with Crippen LogP contribution in [0.3, 0.4) is 0 Å². The standard InChI is InChI=1S/C21H23Cl2N3O4S/c22-15-5-6-17(23)20(13-15)31(28,29)26-10-8-25(9-11-26)14-21(27)24-18-7-12-30-19-4-2-1-3-16(18)19/h1-6,13,18H,7-12,14H2,(H,24,27)/t18-/m0/s1. The Bertz CT molecular complexity index is 1070. The van der Waals surface area contributed by atoms with Gasteiger partial charge in [-0.05, 0) is 24.3 Å². The number of benzene rings is 2. The summed E-state index contributed by atoms with van der Waals surface area (Å²) in [7, 11) is -3.75. The van der Waals surface area contributed by atoms with Crippen molar-refractivity contribution in [2.75, 3.05) is 39.3 Å². The van der Waals surface area contributed by atoms with Crippen molar-refractivity contribution in [3.05, 3.63) is 58.1 Å². The maximum absolute atomic E-state index is 12.9. The Morgan fingerprint density at radius 3 is 2.61 bits per heavy atom. The second-order valence-electron chi connectivity index (χ2n) is 7.55. The highest BCUT2D eigenvalue weighted by atomic mass is 35.5. The molecule has 1 fully saturated rings. The third kappa shape index (κ3) is 4.99. The van der Waals surface area contributed by atoms with E-state index in [-0.39, 0.29) is 41.5 Å². The third-order valence-electron chi connectivity index (χ3n) is 5.50. The third-order valence-corrected chi connectivity index (χ3v) is 8.12. The Morgan fingerprint density at radius 2 is 1.84 bits per heavy atom. The van der Waals surface area contributed by atoms with Crippen molar-refractivity contribution in [2.45, 2.75) is 17.4 Å². The summed E-state index contributed by atoms with van der Waals surface area (Å²) < 4.78 is 32.9. The van der Waals surface area contributed by atoms with Gasteiger partial charge in [0, 0.05) is 43.2 Å². The Kier molecular flexibility index (Phi) is 6.74. The lowest BCUT2D eigenvalue weighted by Gasteiger charge is -2.34. The summed E-state index contributed by atoms with van der Waals surface area (Å²) >= 11 is 12.0. The molecule has 0 unspecified atom stereocenters. The predicted molar refractivity (Wildman–Crippen MR) is 119 cm³/mol. The average Bonchev–Trinajstić information content (AvgIpc) is 2.76. The second kappa shape index (κ2) is 9.34. The molecule has 2 aliphatic rings. The molecule has 10 heteroatoms. The number of halogens is 2. The second-order valence-corrected chi connectivity index (χ2v) is 10.3. The molecule has 0 saturated carbocycles. The van der Waals surface area contributed by atoms with E-state index in [1.807, 2.05) is 29.2 Å². The first-order valence-electron chi connectivity index (χ1n) is 10.0. The van der Waals surface area contributed by atoms with Crippen LogP contribution in [-0.4, -0.2) is 62.9 Å². The molecule has 0 bridgehead atoms. The largest absolute Gasteiger partial charge is 0.493 e. The number of para-hydroxylation sites is 1. The van der Waals surface area contributed by atoms with E-state index in [1.165, 1.54) is 16.4 Å². The van der Waals surface area contributed by atoms with Crippen molar-refractivity contribution in [3.8, 4) is 5.75 Å². The quantitative estimate of drug-likeness (QED) is 0.706. The van der Waals surface area contributed by atoms with Crippen LogP contribution in [0.1, 0.15) is 18.0 Å². The average molecular weight is 484 g/mol. The van der Waals surface area contributed by atoms with E-state index >= 15 is 0 Å². The molecule has 1 N–H and O–H groups in total. The molecule has 31 heavy (non-hydrogen) atoms. The van der Waals surface area contributed by atoms with E-state index in [1.54, 1.807) is 6.07 Å². The number of piperazine rings is 1. The van der Waals surface area contributed by atoms with Crippen LogP contribution >= 0.6 is 23.2 Å². The molecule has 0 aliphatic carbocycles. The Morgan fingerprint density at radius 1 is 1.10 bits per heavy atom. The highest BCUT2D eigenvalue weighted by Crippen LogP contribution is 2.31. The van der Waals surface area contributed by atoms with E-state index in [2.05, 4.69) is 5.32 Å². The van der Waals surface area contributed by atoms with E-state index in [4.69, 9.17) is 27.9 Å². The van der Waals surface area contributed by atoms with Crippen LogP contribution in [0.15, 0.2) is 47.4 Å². The van der Waals surface area contributed by atoms with Gasteiger partial charge in [-0.25, -0.2) is 8.42 Å². The lowest BCUT2D eigenvalue weighted by Crippen LogP contribution is -2.51. The summed E-state index contributed by atoms with van der Waals surface area (Å²) in [5.41, 5.74) is 0.983. The molecule has 2 heterocycles. The predicted octanol–water partition coefficient (Wildman–Crippen LogP) is 2.94. The lowest BCUT2D eigenvalue weighted by atomic mass is 10.0. The molecule has 1 saturated heterocycles. The highest BCUT2D eigenvalue weighted by molar-refractivity contribution is 7.89. The number of ether oxygens (including phenoxy) is 1. The summed E-state index contributed by atoms with van der Waals surface area (Å²) in [6.07, 6.45) is 0.717. The zero-order chi connectivity index (χ0) is 22.0. The van der Waals surface area contributed by atoms with E-state index in [0.717, 1.165) is 17.7 Å². The minimum atomic E-state index is -3.75. The zero-order valence-electron chi connectivity index (χ0n) is 16.8. The minimum Gasteiger partial charge on any atom is -0.493 e. The highest BCUT2D eigenvalue weighted by Gasteiger charge is 2.31. The van der Waals surface area contributed by atoms with Crippen molar-refractivity contribution in [2.24, 2.45) is 0 Å². The Balaban J connectivity index is 1.33. The summed E-state index contributed by atoms with van der Waals surface area (Å²) in [4.78, 5) is 14.6. The fourth-order valence-electron chi connectivity index (χ4n) is 3.88. The van der Waals surface area contributed by atoms with Crippen LogP contribution < -0.4 is 10.1 Å². The molecular formula is C21H23Cl2N3O4S. The van der Waals surface area contributed by atoms with Gasteiger partial charge in [0.15, 0.2) is 0 Å². The number of carbonyl (C=O) groups excluding carboxylic acids is 1. The number of carbonyl (C=O) groups is 1. The van der Waals surface area contributed by atoms with Gasteiger partial charge in [0.05, 0.1) is 24.2 Å². The van der Waals surface area contributed by atoms with Crippen LogP contribution in [0.4, 0.5) is 0 Å². The van der Waals surface area contributed by atoms with Gasteiger partial charge in [0.25, 0.3) is 0 Å².